The van der Waals surface area contributed by atoms with Crippen LogP contribution in [0.25, 0.3) is 0 Å². The summed E-state index contributed by atoms with van der Waals surface area (Å²) in [4.78, 5) is 4.35. The van der Waals surface area contributed by atoms with Gasteiger partial charge in [-0.3, -0.25) is 0 Å². The van der Waals surface area contributed by atoms with Crippen LogP contribution in [0, 0.1) is 0 Å². The highest BCUT2D eigenvalue weighted by Crippen LogP contribution is 1.67. The van der Waals surface area contributed by atoms with E-state index >= 15 is 0 Å². The Morgan fingerprint density at radius 2 is 2.50 bits per heavy atom. The number of hydrogen-bond acceptors (Lipinski definition) is 2. The van der Waals surface area contributed by atoms with Crippen LogP contribution in [0.1, 0.15) is 13.3 Å². The summed E-state index contributed by atoms with van der Waals surface area (Å²) in [7, 11) is 1.53. The third kappa shape index (κ3) is 3.47. The van der Waals surface area contributed by atoms with E-state index < -0.39 is 0 Å². The van der Waals surface area contributed by atoms with Crippen molar-refractivity contribution in [2.45, 2.75) is 13.3 Å². The fourth-order valence-corrected chi connectivity index (χ4v) is 0.149. The van der Waals surface area contributed by atoms with Crippen molar-refractivity contribution < 1.29 is 4.84 Å². The minimum atomic E-state index is 0.938. The molecule has 6 heavy (non-hydrogen) atoms. The van der Waals surface area contributed by atoms with Crippen molar-refractivity contribution >= 4 is 6.21 Å². The molecule has 2 nitrogen and oxygen atoms in total. The summed E-state index contributed by atoms with van der Waals surface area (Å²) in [6.45, 7) is 2.00. The lowest BCUT2D eigenvalue weighted by atomic mass is 10.6. The van der Waals surface area contributed by atoms with E-state index in [9.17, 15) is 0 Å². The molecule has 0 aromatic carbocycles. The van der Waals surface area contributed by atoms with Gasteiger partial charge in [0.2, 0.25) is 0 Å². The van der Waals surface area contributed by atoms with E-state index in [0.717, 1.165) is 6.42 Å². The van der Waals surface area contributed by atoms with Gasteiger partial charge in [0.25, 0.3) is 0 Å². The lowest BCUT2D eigenvalue weighted by molar-refractivity contribution is 0.214. The van der Waals surface area contributed by atoms with E-state index in [4.69, 9.17) is 0 Å². The van der Waals surface area contributed by atoms with Crippen molar-refractivity contribution in [2.75, 3.05) is 7.11 Å². The van der Waals surface area contributed by atoms with E-state index in [0.29, 0.717) is 0 Å². The van der Waals surface area contributed by atoms with Crippen LogP contribution in [0.5, 0.6) is 0 Å². The maximum absolute atomic E-state index is 4.35. The van der Waals surface area contributed by atoms with Gasteiger partial charge in [-0.2, -0.15) is 0 Å². The molecule has 0 aromatic rings. The van der Waals surface area contributed by atoms with Crippen molar-refractivity contribution in [3.63, 3.8) is 0 Å². The van der Waals surface area contributed by atoms with Crippen LogP contribution in [0.3, 0.4) is 0 Å². The fourth-order valence-electron chi connectivity index (χ4n) is 0.149. The maximum Gasteiger partial charge on any atom is 0.106 e. The predicted octanol–water partition coefficient (Wildman–Crippen LogP) is 1.03. The Morgan fingerprint density at radius 3 is 2.67 bits per heavy atom. The Labute approximate surface area is 37.8 Å². The normalized spacial score (nSPS) is 9.67. The van der Waals surface area contributed by atoms with Gasteiger partial charge in [0, 0.05) is 6.21 Å². The molecule has 0 bridgehead atoms. The van der Waals surface area contributed by atoms with Crippen LogP contribution in [0.4, 0.5) is 0 Å². The highest BCUT2D eigenvalue weighted by atomic mass is 16.6. The van der Waals surface area contributed by atoms with Crippen LogP contribution < -0.4 is 0 Å². The number of hydrogen-bond donors (Lipinski definition) is 0. The Balaban J connectivity index is 2.73. The first-order chi connectivity index (χ1) is 2.91. The molecule has 0 amide bonds. The molecule has 0 unspecified atom stereocenters. The molecule has 0 aliphatic rings. The summed E-state index contributed by atoms with van der Waals surface area (Å²) >= 11 is 0. The first kappa shape index (κ1) is 5.47. The van der Waals surface area contributed by atoms with Crippen LogP contribution >= 0.6 is 0 Å². The Kier molecular flexibility index (Phi) is 4.08. The van der Waals surface area contributed by atoms with E-state index in [1.54, 1.807) is 6.21 Å². The Bertz CT molecular complexity index is 36.8. The van der Waals surface area contributed by atoms with Gasteiger partial charge in [-0.25, -0.2) is 0 Å². The third-order valence-electron chi connectivity index (χ3n) is 0.363. The second kappa shape index (κ2) is 4.47. The monoisotopic (exact) mass is 87.1 g/mol. The maximum atomic E-state index is 4.35. The van der Waals surface area contributed by atoms with Gasteiger partial charge in [0.05, 0.1) is 0 Å². The molecule has 2 heteroatoms. The minimum Gasteiger partial charge on any atom is -0.399 e. The molecule has 0 spiro atoms. The predicted molar refractivity (Wildman–Crippen MR) is 25.8 cm³/mol. The van der Waals surface area contributed by atoms with Gasteiger partial charge in [-0.15, -0.1) is 0 Å². The van der Waals surface area contributed by atoms with Crippen LogP contribution in [-0.2, 0) is 4.84 Å². The first-order valence-corrected chi connectivity index (χ1v) is 1.96. The topological polar surface area (TPSA) is 21.6 Å². The average molecular weight is 87.1 g/mol. The molecule has 0 aliphatic carbocycles. The highest BCUT2D eigenvalue weighted by Gasteiger charge is 1.59. The summed E-state index contributed by atoms with van der Waals surface area (Å²) in [5, 5.41) is 3.47. The van der Waals surface area contributed by atoms with Crippen molar-refractivity contribution in [1.82, 2.24) is 0 Å². The van der Waals surface area contributed by atoms with Crippen LogP contribution in [0.2, 0.25) is 0 Å². The third-order valence-corrected chi connectivity index (χ3v) is 0.363. The van der Waals surface area contributed by atoms with Crippen LogP contribution in [-0.4, -0.2) is 13.3 Å². The number of nitrogens with zero attached hydrogens (tertiary/aromatic N) is 1. The van der Waals surface area contributed by atoms with Crippen LogP contribution in [0.15, 0.2) is 5.16 Å². The number of oxime groups is 1. The second-order valence-electron chi connectivity index (χ2n) is 0.879. The molecule has 0 saturated carbocycles. The molecule has 0 aliphatic heterocycles. The summed E-state index contributed by atoms with van der Waals surface area (Å²) in [6.07, 6.45) is 2.65. The van der Waals surface area contributed by atoms with Gasteiger partial charge in [-0.1, -0.05) is 12.1 Å². The lowest BCUT2D eigenvalue weighted by Gasteiger charge is -1.78. The quantitative estimate of drug-likeness (QED) is 0.364. The van der Waals surface area contributed by atoms with E-state index in [-0.39, 0.29) is 0 Å². The molecule has 0 saturated heterocycles. The van der Waals surface area contributed by atoms with Gasteiger partial charge in [0.1, 0.15) is 7.11 Å². The Hall–Kier alpha value is -0.530. The van der Waals surface area contributed by atoms with Crippen molar-refractivity contribution in [3.8, 4) is 0 Å². The summed E-state index contributed by atoms with van der Waals surface area (Å²) in [5.74, 6) is 0. The van der Waals surface area contributed by atoms with Crippen molar-refractivity contribution in [1.29, 1.82) is 0 Å². The zero-order valence-electron chi connectivity index (χ0n) is 4.14. The molecule has 0 N–H and O–H groups in total. The molecule has 0 fully saturated rings. The Morgan fingerprint density at radius 1 is 1.83 bits per heavy atom. The summed E-state index contributed by atoms with van der Waals surface area (Å²) in [5.41, 5.74) is 0. The van der Waals surface area contributed by atoms with Crippen molar-refractivity contribution in [3.05, 3.63) is 0 Å². The molecule has 0 heterocycles. The molecule has 0 atom stereocenters. The molecule has 0 aromatic heterocycles. The van der Waals surface area contributed by atoms with Gasteiger partial charge >= 0.3 is 0 Å². The summed E-state index contributed by atoms with van der Waals surface area (Å²) in [6, 6.07) is 0. The number of rotatable bonds is 2. The van der Waals surface area contributed by atoms with Gasteiger partial charge in [0.15, 0.2) is 0 Å². The largest absolute Gasteiger partial charge is 0.399 e. The molecular formula is C4H9NO. The molecule has 0 rings (SSSR count). The van der Waals surface area contributed by atoms with E-state index in [2.05, 4.69) is 9.99 Å². The average Bonchev–Trinajstić information content (AvgIpc) is 1.61. The van der Waals surface area contributed by atoms with Gasteiger partial charge < -0.3 is 4.84 Å². The fraction of sp³-hybridized carbons (Fsp3) is 0.750. The SMILES string of the molecule is CC/C=N/OC. The van der Waals surface area contributed by atoms with E-state index in [1.165, 1.54) is 7.11 Å². The smallest absolute Gasteiger partial charge is 0.106 e. The zero-order chi connectivity index (χ0) is 4.83. The molecule has 0 radical (unpaired) electrons. The highest BCUT2D eigenvalue weighted by molar-refractivity contribution is 5.55. The van der Waals surface area contributed by atoms with E-state index in [1.807, 2.05) is 6.92 Å². The first-order valence-electron chi connectivity index (χ1n) is 1.96. The molecule has 36 valence electrons. The second-order valence-corrected chi connectivity index (χ2v) is 0.879. The molecular weight excluding hydrogens is 78.0 g/mol. The minimum absolute atomic E-state index is 0.938. The standard InChI is InChI=1S/C4H9NO/c1-3-4-5-6-2/h4H,3H2,1-2H3/b5-4+. The zero-order valence-corrected chi connectivity index (χ0v) is 4.14. The van der Waals surface area contributed by atoms with Crippen molar-refractivity contribution in [2.24, 2.45) is 5.16 Å². The lowest BCUT2D eigenvalue weighted by Crippen LogP contribution is -1.68. The van der Waals surface area contributed by atoms with Gasteiger partial charge in [-0.05, 0) is 6.42 Å². The summed E-state index contributed by atoms with van der Waals surface area (Å²) < 4.78 is 0.